The lowest BCUT2D eigenvalue weighted by atomic mass is 9.96. The zero-order valence-corrected chi connectivity index (χ0v) is 15.5. The highest BCUT2D eigenvalue weighted by molar-refractivity contribution is 5.94. The Labute approximate surface area is 155 Å². The summed E-state index contributed by atoms with van der Waals surface area (Å²) < 4.78 is 11.3. The number of carbonyl (C=O) groups excluding carboxylic acids is 1. The molecule has 0 aliphatic carbocycles. The van der Waals surface area contributed by atoms with E-state index in [-0.39, 0.29) is 5.78 Å². The van der Waals surface area contributed by atoms with E-state index >= 15 is 0 Å². The van der Waals surface area contributed by atoms with E-state index in [1.54, 1.807) is 26.2 Å². The standard InChI is InChI=1S/C21H26N2O3/c1-16(24)17-8-9-20(21(14-17)25-2)26-13-12-23-11-4-3-7-19(23)18-6-5-10-22-15-18/h5-6,8-10,14-15,19H,3-4,7,11-13H2,1-2H3/t19-/m0/s1. The summed E-state index contributed by atoms with van der Waals surface area (Å²) in [4.78, 5) is 18.2. The SMILES string of the molecule is COc1cc(C(C)=O)ccc1OCCN1CCCC[C@H]1c1cccnc1. The van der Waals surface area contributed by atoms with E-state index in [0.29, 0.717) is 29.7 Å². The van der Waals surface area contributed by atoms with Crippen molar-refractivity contribution in [3.63, 3.8) is 0 Å². The normalized spacial score (nSPS) is 17.7. The smallest absolute Gasteiger partial charge is 0.161 e. The van der Waals surface area contributed by atoms with Crippen LogP contribution < -0.4 is 9.47 Å². The molecule has 5 heteroatoms. The first kappa shape index (κ1) is 18.4. The van der Waals surface area contributed by atoms with Crippen molar-refractivity contribution >= 4 is 5.78 Å². The quantitative estimate of drug-likeness (QED) is 0.706. The van der Waals surface area contributed by atoms with Crippen molar-refractivity contribution < 1.29 is 14.3 Å². The number of pyridine rings is 1. The van der Waals surface area contributed by atoms with Crippen LogP contribution in [0.15, 0.2) is 42.7 Å². The number of likely N-dealkylation sites (tertiary alicyclic amines) is 1. The maximum atomic E-state index is 11.5. The van der Waals surface area contributed by atoms with Gasteiger partial charge in [-0.25, -0.2) is 0 Å². The van der Waals surface area contributed by atoms with Crippen molar-refractivity contribution in [3.8, 4) is 11.5 Å². The third-order valence-electron chi connectivity index (χ3n) is 4.89. The summed E-state index contributed by atoms with van der Waals surface area (Å²) in [6.45, 7) is 4.04. The summed E-state index contributed by atoms with van der Waals surface area (Å²) >= 11 is 0. The number of piperidine rings is 1. The van der Waals surface area contributed by atoms with Gasteiger partial charge in [-0.1, -0.05) is 12.5 Å². The first-order chi connectivity index (χ1) is 12.7. The lowest BCUT2D eigenvalue weighted by molar-refractivity contribution is 0.101. The fourth-order valence-electron chi connectivity index (χ4n) is 3.49. The Morgan fingerprint density at radius 1 is 1.27 bits per heavy atom. The molecule has 2 aromatic rings. The van der Waals surface area contributed by atoms with Crippen LogP contribution in [0, 0.1) is 0 Å². The van der Waals surface area contributed by atoms with Gasteiger partial charge in [-0.3, -0.25) is 14.7 Å². The molecule has 0 radical (unpaired) electrons. The van der Waals surface area contributed by atoms with Gasteiger partial charge in [-0.05, 0) is 56.1 Å². The average Bonchev–Trinajstić information content (AvgIpc) is 2.69. The van der Waals surface area contributed by atoms with Crippen molar-refractivity contribution in [2.24, 2.45) is 0 Å². The minimum absolute atomic E-state index is 0.0162. The van der Waals surface area contributed by atoms with Crippen LogP contribution in [0.2, 0.25) is 0 Å². The van der Waals surface area contributed by atoms with Crippen LogP contribution >= 0.6 is 0 Å². The molecular weight excluding hydrogens is 328 g/mol. The van der Waals surface area contributed by atoms with Gasteiger partial charge in [0.1, 0.15) is 6.61 Å². The van der Waals surface area contributed by atoms with Gasteiger partial charge in [0.15, 0.2) is 17.3 Å². The first-order valence-electron chi connectivity index (χ1n) is 9.15. The molecule has 2 heterocycles. The second-order valence-corrected chi connectivity index (χ2v) is 6.60. The number of ketones is 1. The number of rotatable bonds is 7. The number of aromatic nitrogens is 1. The maximum Gasteiger partial charge on any atom is 0.161 e. The van der Waals surface area contributed by atoms with Gasteiger partial charge in [-0.15, -0.1) is 0 Å². The fraction of sp³-hybridized carbons (Fsp3) is 0.429. The number of carbonyl (C=O) groups is 1. The van der Waals surface area contributed by atoms with Crippen LogP contribution in [0.25, 0.3) is 0 Å². The zero-order valence-electron chi connectivity index (χ0n) is 15.5. The molecule has 0 N–H and O–H groups in total. The van der Waals surface area contributed by atoms with E-state index < -0.39 is 0 Å². The van der Waals surface area contributed by atoms with Crippen LogP contribution in [-0.4, -0.2) is 42.5 Å². The topological polar surface area (TPSA) is 51.7 Å². The molecule has 26 heavy (non-hydrogen) atoms. The molecule has 3 rings (SSSR count). The number of methoxy groups -OCH3 is 1. The van der Waals surface area contributed by atoms with E-state index in [1.165, 1.54) is 18.4 Å². The molecule has 0 saturated carbocycles. The third-order valence-corrected chi connectivity index (χ3v) is 4.89. The van der Waals surface area contributed by atoms with Gasteiger partial charge in [0.25, 0.3) is 0 Å². The predicted octanol–water partition coefficient (Wildman–Crippen LogP) is 3.90. The Bertz CT molecular complexity index is 733. The average molecular weight is 354 g/mol. The third kappa shape index (κ3) is 4.41. The lowest BCUT2D eigenvalue weighted by Crippen LogP contribution is -2.36. The van der Waals surface area contributed by atoms with Crippen molar-refractivity contribution in [2.45, 2.75) is 32.2 Å². The van der Waals surface area contributed by atoms with Gasteiger partial charge in [-0.2, -0.15) is 0 Å². The molecule has 1 aromatic heterocycles. The lowest BCUT2D eigenvalue weighted by Gasteiger charge is -2.35. The second kappa shape index (κ2) is 8.81. The van der Waals surface area contributed by atoms with Crippen molar-refractivity contribution in [1.29, 1.82) is 0 Å². The Balaban J connectivity index is 1.62. The Hall–Kier alpha value is -2.40. The molecule has 0 bridgehead atoms. The van der Waals surface area contributed by atoms with Crippen LogP contribution in [0.3, 0.4) is 0 Å². The molecule has 1 saturated heterocycles. The van der Waals surface area contributed by atoms with Crippen LogP contribution in [0.4, 0.5) is 0 Å². The van der Waals surface area contributed by atoms with Crippen molar-refractivity contribution in [1.82, 2.24) is 9.88 Å². The summed E-state index contributed by atoms with van der Waals surface area (Å²) in [6, 6.07) is 9.88. The Morgan fingerprint density at radius 2 is 2.15 bits per heavy atom. The van der Waals surface area contributed by atoms with Crippen LogP contribution in [-0.2, 0) is 0 Å². The van der Waals surface area contributed by atoms with Gasteiger partial charge >= 0.3 is 0 Å². The number of Topliss-reactive ketones (excluding diaryl/α,β-unsaturated/α-hetero) is 1. The number of ether oxygens (including phenoxy) is 2. The molecule has 1 aromatic carbocycles. The largest absolute Gasteiger partial charge is 0.493 e. The van der Waals surface area contributed by atoms with E-state index in [2.05, 4.69) is 16.0 Å². The summed E-state index contributed by atoms with van der Waals surface area (Å²) in [5, 5.41) is 0. The monoisotopic (exact) mass is 354 g/mol. The van der Waals surface area contributed by atoms with Gasteiger partial charge in [0, 0.05) is 30.5 Å². The van der Waals surface area contributed by atoms with Crippen molar-refractivity contribution in [2.75, 3.05) is 26.8 Å². The first-order valence-corrected chi connectivity index (χ1v) is 9.15. The fourth-order valence-corrected chi connectivity index (χ4v) is 3.49. The van der Waals surface area contributed by atoms with Crippen molar-refractivity contribution in [3.05, 3.63) is 53.9 Å². The van der Waals surface area contributed by atoms with Gasteiger partial charge < -0.3 is 9.47 Å². The molecule has 138 valence electrons. The summed E-state index contributed by atoms with van der Waals surface area (Å²) in [5.74, 6) is 1.29. The molecule has 0 unspecified atom stereocenters. The zero-order chi connectivity index (χ0) is 18.4. The van der Waals surface area contributed by atoms with E-state index in [9.17, 15) is 4.79 Å². The maximum absolute atomic E-state index is 11.5. The minimum atomic E-state index is 0.0162. The summed E-state index contributed by atoms with van der Waals surface area (Å²) in [5.41, 5.74) is 1.90. The number of hydrogen-bond donors (Lipinski definition) is 0. The second-order valence-electron chi connectivity index (χ2n) is 6.60. The molecule has 1 aliphatic heterocycles. The predicted molar refractivity (Wildman–Crippen MR) is 101 cm³/mol. The molecule has 1 fully saturated rings. The molecule has 1 atom stereocenters. The number of hydrogen-bond acceptors (Lipinski definition) is 5. The minimum Gasteiger partial charge on any atom is -0.493 e. The van der Waals surface area contributed by atoms with Crippen LogP contribution in [0.1, 0.15) is 48.1 Å². The van der Waals surface area contributed by atoms with E-state index in [4.69, 9.17) is 9.47 Å². The molecular formula is C21H26N2O3. The van der Waals surface area contributed by atoms with Gasteiger partial charge in [0.2, 0.25) is 0 Å². The Morgan fingerprint density at radius 3 is 2.88 bits per heavy atom. The summed E-state index contributed by atoms with van der Waals surface area (Å²) in [6.07, 6.45) is 7.40. The highest BCUT2D eigenvalue weighted by atomic mass is 16.5. The number of benzene rings is 1. The van der Waals surface area contributed by atoms with Crippen LogP contribution in [0.5, 0.6) is 11.5 Å². The Kier molecular flexibility index (Phi) is 6.23. The summed E-state index contributed by atoms with van der Waals surface area (Å²) in [7, 11) is 1.59. The molecule has 1 aliphatic rings. The highest BCUT2D eigenvalue weighted by Gasteiger charge is 2.23. The van der Waals surface area contributed by atoms with E-state index in [0.717, 1.165) is 19.5 Å². The molecule has 0 amide bonds. The molecule has 0 spiro atoms. The molecule has 5 nitrogen and oxygen atoms in total. The highest BCUT2D eigenvalue weighted by Crippen LogP contribution is 2.31. The number of nitrogens with zero attached hydrogens (tertiary/aromatic N) is 2. The van der Waals surface area contributed by atoms with E-state index in [1.807, 2.05) is 24.5 Å². The van der Waals surface area contributed by atoms with Gasteiger partial charge in [0.05, 0.1) is 7.11 Å².